The van der Waals surface area contributed by atoms with Gasteiger partial charge in [-0.1, -0.05) is 12.1 Å². The van der Waals surface area contributed by atoms with Crippen LogP contribution in [0.1, 0.15) is 40.7 Å². The van der Waals surface area contributed by atoms with E-state index in [1.165, 1.54) is 5.56 Å². The predicted octanol–water partition coefficient (Wildman–Crippen LogP) is 4.67. The Hall–Kier alpha value is -2.90. The van der Waals surface area contributed by atoms with E-state index in [9.17, 15) is 9.90 Å². The van der Waals surface area contributed by atoms with E-state index in [1.54, 1.807) is 24.2 Å². The van der Waals surface area contributed by atoms with Crippen LogP contribution in [0.5, 0.6) is 11.5 Å². The number of carboxylic acids is 1. The van der Waals surface area contributed by atoms with E-state index < -0.39 is 5.97 Å². The van der Waals surface area contributed by atoms with Crippen molar-refractivity contribution >= 4 is 18.4 Å². The van der Waals surface area contributed by atoms with Gasteiger partial charge in [-0.25, -0.2) is 4.79 Å². The van der Waals surface area contributed by atoms with E-state index in [0.29, 0.717) is 11.9 Å². The van der Waals surface area contributed by atoms with Crippen molar-refractivity contribution in [2.24, 2.45) is 5.10 Å². The molecule has 0 radical (unpaired) electrons. The molecule has 0 saturated carbocycles. The second-order valence-corrected chi connectivity index (χ2v) is 7.64. The molecular weight excluding hydrogens is 396 g/mol. The van der Waals surface area contributed by atoms with Crippen molar-refractivity contribution in [1.82, 2.24) is 0 Å². The van der Waals surface area contributed by atoms with Crippen LogP contribution in [0, 0.1) is 6.92 Å². The summed E-state index contributed by atoms with van der Waals surface area (Å²) in [5.41, 5.74) is 2.80. The number of aromatic carboxylic acids is 1. The molecule has 7 nitrogen and oxygen atoms in total. The number of hydrogen-bond acceptors (Lipinski definition) is 6. The summed E-state index contributed by atoms with van der Waals surface area (Å²) >= 11 is 0. The Morgan fingerprint density at radius 3 is 2.61 bits per heavy atom. The van der Waals surface area contributed by atoms with Crippen molar-refractivity contribution in [3.63, 3.8) is 0 Å². The van der Waals surface area contributed by atoms with E-state index in [1.807, 2.05) is 31.2 Å². The Kier molecular flexibility index (Phi) is 8.03. The number of benzene rings is 2. The number of ether oxygens (including phenoxy) is 3. The summed E-state index contributed by atoms with van der Waals surface area (Å²) in [4.78, 5) is 11.7. The molecule has 0 bridgehead atoms. The number of hydrogen-bond donors (Lipinski definition) is 1. The van der Waals surface area contributed by atoms with Crippen molar-refractivity contribution < 1.29 is 24.1 Å². The Labute approximate surface area is 183 Å². The third kappa shape index (κ3) is 6.29. The minimum atomic E-state index is -1.04. The Morgan fingerprint density at radius 2 is 1.97 bits per heavy atom. The van der Waals surface area contributed by atoms with Crippen molar-refractivity contribution in [2.75, 3.05) is 31.9 Å². The van der Waals surface area contributed by atoms with Crippen LogP contribution in [0.4, 0.5) is 5.69 Å². The fourth-order valence-electron chi connectivity index (χ4n) is 3.57. The van der Waals surface area contributed by atoms with Crippen LogP contribution in [0.2, 0.25) is 0 Å². The quantitative estimate of drug-likeness (QED) is 0.338. The van der Waals surface area contributed by atoms with Gasteiger partial charge in [0.15, 0.2) is 0 Å². The molecular formula is C24H30N2O5. The second kappa shape index (κ2) is 10.9. The first-order chi connectivity index (χ1) is 15.0. The molecule has 31 heavy (non-hydrogen) atoms. The van der Waals surface area contributed by atoms with Gasteiger partial charge in [0.25, 0.3) is 0 Å². The normalized spacial score (nSPS) is 14.3. The van der Waals surface area contributed by atoms with Gasteiger partial charge >= 0.3 is 5.97 Å². The lowest BCUT2D eigenvalue weighted by molar-refractivity contribution is -0.0322. The van der Waals surface area contributed by atoms with Crippen molar-refractivity contribution in [2.45, 2.75) is 38.7 Å². The highest BCUT2D eigenvalue weighted by Gasteiger charge is 2.17. The molecule has 7 heteroatoms. The largest absolute Gasteiger partial charge is 0.478 e. The SMILES string of the molecule is C=NN(C)c1cc(Oc2ccc(CCCOC3CCOCC3)cc2)c(C(=O)O)cc1C. The van der Waals surface area contributed by atoms with Crippen LogP contribution in [0.3, 0.4) is 0 Å². The number of hydrazone groups is 1. The molecule has 0 atom stereocenters. The molecule has 0 unspecified atom stereocenters. The highest BCUT2D eigenvalue weighted by Crippen LogP contribution is 2.33. The number of nitrogens with zero attached hydrogens (tertiary/aromatic N) is 2. The molecule has 1 N–H and O–H groups in total. The lowest BCUT2D eigenvalue weighted by Crippen LogP contribution is -2.23. The molecule has 1 aliphatic heterocycles. The monoisotopic (exact) mass is 426 g/mol. The third-order valence-electron chi connectivity index (χ3n) is 5.37. The summed E-state index contributed by atoms with van der Waals surface area (Å²) in [5, 5.41) is 15.0. The third-order valence-corrected chi connectivity index (χ3v) is 5.37. The van der Waals surface area contributed by atoms with Gasteiger partial charge < -0.3 is 19.3 Å². The lowest BCUT2D eigenvalue weighted by Gasteiger charge is -2.22. The van der Waals surface area contributed by atoms with E-state index in [4.69, 9.17) is 14.2 Å². The molecule has 0 amide bonds. The van der Waals surface area contributed by atoms with Gasteiger partial charge in [0.05, 0.1) is 11.8 Å². The topological polar surface area (TPSA) is 80.6 Å². The molecule has 2 aromatic carbocycles. The number of carbonyl (C=O) groups is 1. The Morgan fingerprint density at radius 1 is 1.26 bits per heavy atom. The molecule has 1 saturated heterocycles. The summed E-state index contributed by atoms with van der Waals surface area (Å²) in [6.07, 6.45) is 4.13. The van der Waals surface area contributed by atoms with Crippen LogP contribution in [0.15, 0.2) is 41.5 Å². The van der Waals surface area contributed by atoms with Gasteiger partial charge in [-0.15, -0.1) is 0 Å². The van der Waals surface area contributed by atoms with Gasteiger partial charge in [-0.2, -0.15) is 5.10 Å². The van der Waals surface area contributed by atoms with Crippen molar-refractivity contribution in [3.05, 3.63) is 53.1 Å². The number of carboxylic acid groups (broad SMARTS) is 1. The summed E-state index contributed by atoms with van der Waals surface area (Å²) in [6, 6.07) is 11.0. The summed E-state index contributed by atoms with van der Waals surface area (Å²) in [7, 11) is 1.75. The summed E-state index contributed by atoms with van der Waals surface area (Å²) in [5.74, 6) is -0.199. The van der Waals surface area contributed by atoms with E-state index in [-0.39, 0.29) is 11.3 Å². The highest BCUT2D eigenvalue weighted by molar-refractivity contribution is 5.92. The van der Waals surface area contributed by atoms with Crippen LogP contribution in [-0.4, -0.2) is 50.8 Å². The van der Waals surface area contributed by atoms with Gasteiger partial charge in [0.2, 0.25) is 0 Å². The lowest BCUT2D eigenvalue weighted by atomic mass is 10.1. The summed E-state index contributed by atoms with van der Waals surface area (Å²) < 4.78 is 17.2. The van der Waals surface area contributed by atoms with E-state index in [2.05, 4.69) is 11.8 Å². The maximum absolute atomic E-state index is 11.7. The zero-order chi connectivity index (χ0) is 22.2. The molecule has 0 aromatic heterocycles. The zero-order valence-corrected chi connectivity index (χ0v) is 18.2. The molecule has 1 heterocycles. The minimum absolute atomic E-state index is 0.105. The standard InChI is InChI=1S/C24H30N2O5/c1-17-15-21(24(27)28)23(16-22(17)26(3)25-2)31-20-8-6-18(7-9-20)5-4-12-30-19-10-13-29-14-11-19/h6-9,15-16,19H,2,4-5,10-14H2,1,3H3,(H,27,28). The molecule has 0 spiro atoms. The van der Waals surface area contributed by atoms with Gasteiger partial charge in [-0.05, 0) is 61.9 Å². The van der Waals surface area contributed by atoms with Gasteiger partial charge in [-0.3, -0.25) is 5.01 Å². The van der Waals surface area contributed by atoms with Gasteiger partial charge in [0, 0.05) is 39.7 Å². The zero-order valence-electron chi connectivity index (χ0n) is 18.2. The minimum Gasteiger partial charge on any atom is -0.478 e. The first-order valence-corrected chi connectivity index (χ1v) is 10.5. The van der Waals surface area contributed by atoms with Crippen LogP contribution >= 0.6 is 0 Å². The maximum Gasteiger partial charge on any atom is 0.339 e. The number of anilines is 1. The first kappa shape index (κ1) is 22.8. The van der Waals surface area contributed by atoms with Crippen molar-refractivity contribution in [3.8, 4) is 11.5 Å². The van der Waals surface area contributed by atoms with Crippen molar-refractivity contribution in [1.29, 1.82) is 0 Å². The smallest absolute Gasteiger partial charge is 0.339 e. The number of rotatable bonds is 10. The Bertz CT molecular complexity index is 892. The van der Waals surface area contributed by atoms with Crippen LogP contribution < -0.4 is 9.75 Å². The molecule has 2 aromatic rings. The van der Waals surface area contributed by atoms with Crippen LogP contribution in [0.25, 0.3) is 0 Å². The van der Waals surface area contributed by atoms with E-state index >= 15 is 0 Å². The average molecular weight is 427 g/mol. The van der Waals surface area contributed by atoms with E-state index in [0.717, 1.165) is 56.8 Å². The fraction of sp³-hybridized carbons (Fsp3) is 0.417. The molecule has 1 aliphatic rings. The van der Waals surface area contributed by atoms with Gasteiger partial charge in [0.1, 0.15) is 17.1 Å². The second-order valence-electron chi connectivity index (χ2n) is 7.64. The average Bonchev–Trinajstić information content (AvgIpc) is 2.78. The molecule has 166 valence electrons. The highest BCUT2D eigenvalue weighted by atomic mass is 16.5. The fourth-order valence-corrected chi connectivity index (χ4v) is 3.57. The first-order valence-electron chi connectivity index (χ1n) is 10.5. The van der Waals surface area contributed by atoms with Crippen LogP contribution in [-0.2, 0) is 15.9 Å². The molecule has 0 aliphatic carbocycles. The molecule has 3 rings (SSSR count). The maximum atomic E-state index is 11.7. The molecule has 1 fully saturated rings. The Balaban J connectivity index is 1.61. The predicted molar refractivity (Wildman–Crippen MR) is 121 cm³/mol. The number of aryl methyl sites for hydroxylation is 2. The summed E-state index contributed by atoms with van der Waals surface area (Å²) in [6.45, 7) is 7.67.